The molecule has 0 bridgehead atoms. The van der Waals surface area contributed by atoms with E-state index in [1.54, 1.807) is 18.7 Å². The summed E-state index contributed by atoms with van der Waals surface area (Å²) >= 11 is 3.04. The van der Waals surface area contributed by atoms with E-state index < -0.39 is 6.04 Å². The van der Waals surface area contributed by atoms with Gasteiger partial charge in [0.15, 0.2) is 5.13 Å². The van der Waals surface area contributed by atoms with Crippen molar-refractivity contribution in [2.75, 3.05) is 17.3 Å². The molecule has 26 heavy (non-hydrogen) atoms. The number of nitrogens with zero attached hydrogens (tertiary/aromatic N) is 1. The van der Waals surface area contributed by atoms with E-state index in [4.69, 9.17) is 0 Å². The van der Waals surface area contributed by atoms with E-state index in [0.29, 0.717) is 18.0 Å². The van der Waals surface area contributed by atoms with Gasteiger partial charge in [-0.1, -0.05) is 19.1 Å². The summed E-state index contributed by atoms with van der Waals surface area (Å²) < 4.78 is 0. The second-order valence-corrected chi connectivity index (χ2v) is 7.93. The van der Waals surface area contributed by atoms with Crippen LogP contribution in [-0.4, -0.2) is 34.8 Å². The molecule has 2 rings (SSSR count). The van der Waals surface area contributed by atoms with Crippen molar-refractivity contribution in [1.29, 1.82) is 0 Å². The van der Waals surface area contributed by atoms with Gasteiger partial charge >= 0.3 is 0 Å². The maximum atomic E-state index is 12.5. The van der Waals surface area contributed by atoms with E-state index in [0.717, 1.165) is 17.0 Å². The summed E-state index contributed by atoms with van der Waals surface area (Å²) in [6.07, 6.45) is 2.93. The molecule has 2 N–H and O–H groups in total. The second-order valence-electron chi connectivity index (χ2n) is 6.08. The number of hydrogen-bond donors (Lipinski definition) is 2. The van der Waals surface area contributed by atoms with Gasteiger partial charge in [-0.2, -0.15) is 11.8 Å². The molecule has 0 aliphatic heterocycles. The Morgan fingerprint density at radius 2 is 2.04 bits per heavy atom. The number of carbonyl (C=O) groups is 2. The summed E-state index contributed by atoms with van der Waals surface area (Å²) in [5.74, 6) is 0.455. The number of anilines is 1. The average Bonchev–Trinajstić information content (AvgIpc) is 3.09. The van der Waals surface area contributed by atoms with Crippen molar-refractivity contribution in [2.45, 2.75) is 39.7 Å². The fraction of sp³-hybridized carbons (Fsp3) is 0.421. The Kier molecular flexibility index (Phi) is 7.66. The normalized spacial score (nSPS) is 11.8. The van der Waals surface area contributed by atoms with E-state index in [1.165, 1.54) is 22.5 Å². The van der Waals surface area contributed by atoms with E-state index in [9.17, 15) is 9.59 Å². The van der Waals surface area contributed by atoms with Crippen LogP contribution in [-0.2, 0) is 9.59 Å². The predicted molar refractivity (Wildman–Crippen MR) is 111 cm³/mol. The van der Waals surface area contributed by atoms with Gasteiger partial charge in [-0.05, 0) is 49.5 Å². The molecule has 0 radical (unpaired) electrons. The Morgan fingerprint density at radius 1 is 1.27 bits per heavy atom. The highest BCUT2D eigenvalue weighted by atomic mass is 32.2. The number of carbonyl (C=O) groups excluding carboxylic acids is 2. The molecule has 5 nitrogen and oxygen atoms in total. The average molecular weight is 392 g/mol. The number of amides is 2. The molecule has 0 aliphatic rings. The van der Waals surface area contributed by atoms with Crippen LogP contribution in [0, 0.1) is 13.8 Å². The number of nitrogens with one attached hydrogen (secondary N) is 2. The third-order valence-corrected chi connectivity index (χ3v) is 5.52. The molecule has 1 unspecified atom stereocenters. The van der Waals surface area contributed by atoms with E-state index >= 15 is 0 Å². The van der Waals surface area contributed by atoms with Gasteiger partial charge in [-0.3, -0.25) is 9.59 Å². The molecule has 1 aromatic carbocycles. The van der Waals surface area contributed by atoms with Gasteiger partial charge in [-0.25, -0.2) is 4.98 Å². The maximum absolute atomic E-state index is 12.5. The van der Waals surface area contributed by atoms with Crippen LogP contribution >= 0.6 is 23.1 Å². The van der Waals surface area contributed by atoms with Crippen molar-refractivity contribution in [3.05, 3.63) is 34.7 Å². The smallest absolute Gasteiger partial charge is 0.248 e. The van der Waals surface area contributed by atoms with Gasteiger partial charge in [0.2, 0.25) is 11.8 Å². The number of hydrogen-bond acceptors (Lipinski definition) is 5. The molecule has 0 spiro atoms. The van der Waals surface area contributed by atoms with Gasteiger partial charge < -0.3 is 10.6 Å². The van der Waals surface area contributed by atoms with Crippen LogP contribution in [0.1, 0.15) is 30.9 Å². The van der Waals surface area contributed by atoms with Gasteiger partial charge in [0, 0.05) is 17.4 Å². The monoisotopic (exact) mass is 391 g/mol. The number of rotatable bonds is 8. The van der Waals surface area contributed by atoms with Crippen molar-refractivity contribution >= 4 is 40.0 Å². The van der Waals surface area contributed by atoms with Crippen molar-refractivity contribution in [3.63, 3.8) is 0 Å². The van der Waals surface area contributed by atoms with Crippen LogP contribution in [0.25, 0.3) is 11.3 Å². The molecule has 140 valence electrons. The first-order valence-corrected chi connectivity index (χ1v) is 10.8. The van der Waals surface area contributed by atoms with E-state index in [2.05, 4.69) is 41.6 Å². The minimum atomic E-state index is -0.538. The zero-order valence-corrected chi connectivity index (χ0v) is 17.2. The third kappa shape index (κ3) is 5.57. The minimum absolute atomic E-state index is 0.124. The van der Waals surface area contributed by atoms with Crippen LogP contribution in [0.2, 0.25) is 0 Å². The lowest BCUT2D eigenvalue weighted by Gasteiger charge is -2.16. The quantitative estimate of drug-likeness (QED) is 0.713. The van der Waals surface area contributed by atoms with Crippen molar-refractivity contribution in [2.24, 2.45) is 0 Å². The highest BCUT2D eigenvalue weighted by molar-refractivity contribution is 7.98. The van der Waals surface area contributed by atoms with Crippen LogP contribution in [0.5, 0.6) is 0 Å². The Hall–Kier alpha value is -1.86. The van der Waals surface area contributed by atoms with Crippen molar-refractivity contribution in [1.82, 2.24) is 10.3 Å². The summed E-state index contributed by atoms with van der Waals surface area (Å²) in [5.41, 5.74) is 4.32. The molecule has 1 atom stereocenters. The number of thioether (sulfide) groups is 1. The summed E-state index contributed by atoms with van der Waals surface area (Å²) in [4.78, 5) is 28.7. The van der Waals surface area contributed by atoms with Crippen LogP contribution < -0.4 is 10.6 Å². The molecule has 7 heteroatoms. The zero-order valence-electron chi connectivity index (χ0n) is 15.6. The highest BCUT2D eigenvalue weighted by Gasteiger charge is 2.21. The Bertz CT molecular complexity index is 774. The topological polar surface area (TPSA) is 71.1 Å². The van der Waals surface area contributed by atoms with Crippen molar-refractivity contribution < 1.29 is 9.59 Å². The maximum Gasteiger partial charge on any atom is 0.248 e. The number of benzene rings is 1. The lowest BCUT2D eigenvalue weighted by molar-refractivity contribution is -0.126. The van der Waals surface area contributed by atoms with Crippen LogP contribution in [0.3, 0.4) is 0 Å². The second kappa shape index (κ2) is 9.73. The highest BCUT2D eigenvalue weighted by Crippen LogP contribution is 2.26. The lowest BCUT2D eigenvalue weighted by atomic mass is 10.1. The minimum Gasteiger partial charge on any atom is -0.344 e. The van der Waals surface area contributed by atoms with Crippen LogP contribution in [0.4, 0.5) is 5.13 Å². The Morgan fingerprint density at radius 3 is 2.69 bits per heavy atom. The molecule has 0 saturated carbocycles. The molecule has 2 aromatic rings. The predicted octanol–water partition coefficient (Wildman–Crippen LogP) is 4.01. The molecule has 0 saturated heterocycles. The summed E-state index contributed by atoms with van der Waals surface area (Å²) in [5, 5.41) is 8.10. The molecule has 0 aliphatic carbocycles. The number of aromatic nitrogens is 1. The fourth-order valence-electron chi connectivity index (χ4n) is 2.36. The number of thiazole rings is 1. The molecule has 2 amide bonds. The largest absolute Gasteiger partial charge is 0.344 e. The van der Waals surface area contributed by atoms with Gasteiger partial charge in [0.25, 0.3) is 0 Å². The molecule has 1 heterocycles. The Labute approximate surface area is 163 Å². The number of aryl methyl sites for hydroxylation is 2. The summed E-state index contributed by atoms with van der Waals surface area (Å²) in [6.45, 7) is 5.92. The lowest BCUT2D eigenvalue weighted by Crippen LogP contribution is -2.43. The van der Waals surface area contributed by atoms with Gasteiger partial charge in [-0.15, -0.1) is 11.3 Å². The molecule has 0 fully saturated rings. The molecule has 1 aromatic heterocycles. The van der Waals surface area contributed by atoms with Gasteiger partial charge in [0.1, 0.15) is 6.04 Å². The summed E-state index contributed by atoms with van der Waals surface area (Å²) in [7, 11) is 0. The fourth-order valence-corrected chi connectivity index (χ4v) is 3.55. The molecular formula is C19H25N3O2S2. The first-order valence-electron chi connectivity index (χ1n) is 8.57. The third-order valence-electron chi connectivity index (χ3n) is 4.12. The molecular weight excluding hydrogens is 366 g/mol. The first-order chi connectivity index (χ1) is 12.4. The SMILES string of the molecule is CCC(=O)NC(CCSC)C(=O)Nc1nc(-c2ccc(C)c(C)c2)cs1. The van der Waals surface area contributed by atoms with Gasteiger partial charge in [0.05, 0.1) is 5.69 Å². The van der Waals surface area contributed by atoms with E-state index in [1.807, 2.05) is 17.7 Å². The standard InChI is InChI=1S/C19H25N3O2S2/c1-5-17(23)20-15(8-9-25-4)18(24)22-19-21-16(11-26-19)14-7-6-12(2)13(3)10-14/h6-7,10-11,15H,5,8-9H2,1-4H3,(H,20,23)(H,21,22,24). The Balaban J connectivity index is 2.08. The van der Waals surface area contributed by atoms with Crippen molar-refractivity contribution in [3.8, 4) is 11.3 Å². The summed E-state index contributed by atoms with van der Waals surface area (Å²) in [6, 6.07) is 5.66. The zero-order chi connectivity index (χ0) is 19.1. The van der Waals surface area contributed by atoms with Crippen LogP contribution in [0.15, 0.2) is 23.6 Å². The first kappa shape index (κ1) is 20.5. The van der Waals surface area contributed by atoms with E-state index in [-0.39, 0.29) is 11.8 Å².